The van der Waals surface area contributed by atoms with Crippen LogP contribution in [0.25, 0.3) is 0 Å². The van der Waals surface area contributed by atoms with Gasteiger partial charge in [-0.1, -0.05) is 36.4 Å². The summed E-state index contributed by atoms with van der Waals surface area (Å²) in [4.78, 5) is 23.0. The molecule has 1 fully saturated rings. The second-order valence-corrected chi connectivity index (χ2v) is 5.81. The molecule has 0 aliphatic carbocycles. The molecule has 0 unspecified atom stereocenters. The number of carbonyl (C=O) groups excluding carboxylic acids is 1. The lowest BCUT2D eigenvalue weighted by Gasteiger charge is -2.37. The van der Waals surface area contributed by atoms with E-state index in [1.807, 2.05) is 30.3 Å². The monoisotopic (exact) mass is 326 g/mol. The van der Waals surface area contributed by atoms with Crippen LogP contribution in [0.2, 0.25) is 0 Å². The van der Waals surface area contributed by atoms with Gasteiger partial charge >= 0.3 is 5.97 Å². The van der Waals surface area contributed by atoms with Gasteiger partial charge in [0.15, 0.2) is 0 Å². The van der Waals surface area contributed by atoms with Gasteiger partial charge in [-0.15, -0.1) is 0 Å². The van der Waals surface area contributed by atoms with E-state index in [9.17, 15) is 14.9 Å². The molecule has 6 heteroatoms. The van der Waals surface area contributed by atoms with Crippen LogP contribution in [-0.4, -0.2) is 24.0 Å². The molecule has 124 valence electrons. The molecule has 1 N–H and O–H groups in total. The molecule has 0 radical (unpaired) electrons. The molecule has 24 heavy (non-hydrogen) atoms. The zero-order valence-corrected chi connectivity index (χ0v) is 13.1. The first kappa shape index (κ1) is 16.1. The third-order valence-electron chi connectivity index (χ3n) is 4.29. The number of esters is 1. The van der Waals surface area contributed by atoms with Crippen LogP contribution in [0.4, 0.5) is 5.69 Å². The van der Waals surface area contributed by atoms with E-state index in [1.165, 1.54) is 24.3 Å². The summed E-state index contributed by atoms with van der Waals surface area (Å²) < 4.78 is 5.88. The van der Waals surface area contributed by atoms with Crippen molar-refractivity contribution in [1.29, 1.82) is 0 Å². The first-order chi connectivity index (χ1) is 11.6. The molecule has 0 amide bonds. The highest BCUT2D eigenvalue weighted by Gasteiger charge is 2.38. The summed E-state index contributed by atoms with van der Waals surface area (Å²) in [5, 5.41) is 14.2. The van der Waals surface area contributed by atoms with Gasteiger partial charge in [0.2, 0.25) is 0 Å². The molecular formula is C18H18N2O4. The maximum absolute atomic E-state index is 12.6. The molecule has 0 bridgehead atoms. The Balaban J connectivity index is 1.89. The number of benzene rings is 2. The van der Waals surface area contributed by atoms with Crippen molar-refractivity contribution < 1.29 is 14.5 Å². The van der Waals surface area contributed by atoms with Crippen molar-refractivity contribution in [3.63, 3.8) is 0 Å². The van der Waals surface area contributed by atoms with E-state index in [1.54, 1.807) is 0 Å². The van der Waals surface area contributed by atoms with Crippen LogP contribution in [-0.2, 0) is 10.3 Å². The molecule has 0 atom stereocenters. The Labute approximate surface area is 139 Å². The van der Waals surface area contributed by atoms with Gasteiger partial charge in [0, 0.05) is 25.0 Å². The molecular weight excluding hydrogens is 308 g/mol. The lowest BCUT2D eigenvalue weighted by molar-refractivity contribution is -0.384. The Bertz CT molecular complexity index is 740. The highest BCUT2D eigenvalue weighted by Crippen LogP contribution is 2.35. The van der Waals surface area contributed by atoms with Gasteiger partial charge in [-0.05, 0) is 24.7 Å². The van der Waals surface area contributed by atoms with E-state index < -0.39 is 16.5 Å². The van der Waals surface area contributed by atoms with Crippen molar-refractivity contribution in [2.24, 2.45) is 0 Å². The van der Waals surface area contributed by atoms with E-state index in [2.05, 4.69) is 5.32 Å². The van der Waals surface area contributed by atoms with Crippen molar-refractivity contribution in [3.8, 4) is 0 Å². The number of piperidine rings is 1. The molecule has 6 nitrogen and oxygen atoms in total. The number of hydrogen-bond donors (Lipinski definition) is 1. The molecule has 1 saturated heterocycles. The van der Waals surface area contributed by atoms with Crippen LogP contribution in [0, 0.1) is 10.1 Å². The summed E-state index contributed by atoms with van der Waals surface area (Å²) in [5.74, 6) is -0.538. The fourth-order valence-electron chi connectivity index (χ4n) is 3.00. The zero-order valence-electron chi connectivity index (χ0n) is 13.1. The number of nitro benzene ring substituents is 1. The quantitative estimate of drug-likeness (QED) is 0.530. The molecule has 1 heterocycles. The van der Waals surface area contributed by atoms with Crippen LogP contribution in [0.3, 0.4) is 0 Å². The Hall–Kier alpha value is -2.73. The average molecular weight is 326 g/mol. The number of hydrogen-bond acceptors (Lipinski definition) is 5. The van der Waals surface area contributed by atoms with Crippen LogP contribution in [0.1, 0.15) is 28.8 Å². The van der Waals surface area contributed by atoms with Crippen LogP contribution in [0.5, 0.6) is 0 Å². The standard InChI is InChI=1S/C18H18N2O4/c21-17(14-5-4-8-16(13-14)20(22)23)24-18(9-11-19-12-10-18)15-6-2-1-3-7-15/h1-8,13,19H,9-12H2. The Kier molecular flexibility index (Phi) is 4.57. The molecule has 0 spiro atoms. The number of rotatable bonds is 4. The van der Waals surface area contributed by atoms with Gasteiger partial charge < -0.3 is 10.1 Å². The minimum atomic E-state index is -0.700. The minimum Gasteiger partial charge on any atom is -0.450 e. The smallest absolute Gasteiger partial charge is 0.339 e. The van der Waals surface area contributed by atoms with E-state index in [0.29, 0.717) is 12.8 Å². The Morgan fingerprint density at radius 3 is 2.46 bits per heavy atom. The zero-order chi connectivity index (χ0) is 17.0. The van der Waals surface area contributed by atoms with Crippen molar-refractivity contribution in [2.45, 2.75) is 18.4 Å². The topological polar surface area (TPSA) is 81.5 Å². The van der Waals surface area contributed by atoms with E-state index in [0.717, 1.165) is 18.7 Å². The molecule has 2 aromatic rings. The van der Waals surface area contributed by atoms with Crippen molar-refractivity contribution in [1.82, 2.24) is 5.32 Å². The van der Waals surface area contributed by atoms with Crippen molar-refractivity contribution >= 4 is 11.7 Å². The molecule has 0 aromatic heterocycles. The van der Waals surface area contributed by atoms with E-state index in [-0.39, 0.29) is 11.3 Å². The first-order valence-electron chi connectivity index (χ1n) is 7.85. The third-order valence-corrected chi connectivity index (χ3v) is 4.29. The summed E-state index contributed by atoms with van der Waals surface area (Å²) in [6.07, 6.45) is 1.33. The maximum atomic E-state index is 12.6. The fourth-order valence-corrected chi connectivity index (χ4v) is 3.00. The summed E-state index contributed by atoms with van der Waals surface area (Å²) >= 11 is 0. The largest absolute Gasteiger partial charge is 0.450 e. The predicted molar refractivity (Wildman–Crippen MR) is 88.7 cm³/mol. The SMILES string of the molecule is O=C(OC1(c2ccccc2)CCNCC1)c1cccc([N+](=O)[O-])c1. The van der Waals surface area contributed by atoms with Crippen molar-refractivity contribution in [3.05, 3.63) is 75.8 Å². The molecule has 0 saturated carbocycles. The minimum absolute atomic E-state index is 0.122. The van der Waals surface area contributed by atoms with E-state index >= 15 is 0 Å². The number of nitrogens with one attached hydrogen (secondary N) is 1. The van der Waals surface area contributed by atoms with Gasteiger partial charge in [0.05, 0.1) is 10.5 Å². The van der Waals surface area contributed by atoms with E-state index in [4.69, 9.17) is 4.74 Å². The Morgan fingerprint density at radius 2 is 1.79 bits per heavy atom. The number of non-ortho nitro benzene ring substituents is 1. The summed E-state index contributed by atoms with van der Waals surface area (Å²) in [7, 11) is 0. The lowest BCUT2D eigenvalue weighted by atomic mass is 9.84. The highest BCUT2D eigenvalue weighted by molar-refractivity contribution is 5.90. The number of nitrogens with zero attached hydrogens (tertiary/aromatic N) is 1. The molecule has 2 aromatic carbocycles. The van der Waals surface area contributed by atoms with Crippen molar-refractivity contribution in [2.75, 3.05) is 13.1 Å². The van der Waals surface area contributed by atoms with Gasteiger partial charge in [-0.25, -0.2) is 4.79 Å². The predicted octanol–water partition coefficient (Wildman–Crippen LogP) is 3.03. The van der Waals surface area contributed by atoms with Crippen LogP contribution >= 0.6 is 0 Å². The van der Waals surface area contributed by atoms with Gasteiger partial charge in [0.1, 0.15) is 5.60 Å². The number of ether oxygens (including phenoxy) is 1. The maximum Gasteiger partial charge on any atom is 0.339 e. The average Bonchev–Trinajstić information content (AvgIpc) is 2.63. The second kappa shape index (κ2) is 6.80. The first-order valence-corrected chi connectivity index (χ1v) is 7.85. The number of nitro groups is 1. The molecule has 1 aliphatic heterocycles. The molecule has 1 aliphatic rings. The lowest BCUT2D eigenvalue weighted by Crippen LogP contribution is -2.43. The summed E-state index contributed by atoms with van der Waals surface area (Å²) in [6, 6.07) is 15.3. The molecule has 3 rings (SSSR count). The highest BCUT2D eigenvalue weighted by atomic mass is 16.6. The fraction of sp³-hybridized carbons (Fsp3) is 0.278. The van der Waals surface area contributed by atoms with Crippen LogP contribution < -0.4 is 5.32 Å². The van der Waals surface area contributed by atoms with Gasteiger partial charge in [-0.3, -0.25) is 10.1 Å². The number of carbonyl (C=O) groups is 1. The normalized spacial score (nSPS) is 16.3. The van der Waals surface area contributed by atoms with Gasteiger partial charge in [-0.2, -0.15) is 0 Å². The van der Waals surface area contributed by atoms with Gasteiger partial charge in [0.25, 0.3) is 5.69 Å². The third kappa shape index (κ3) is 3.28. The van der Waals surface area contributed by atoms with Crippen LogP contribution in [0.15, 0.2) is 54.6 Å². The second-order valence-electron chi connectivity index (χ2n) is 5.81. The Morgan fingerprint density at radius 1 is 1.08 bits per heavy atom. The summed E-state index contributed by atoms with van der Waals surface area (Å²) in [6.45, 7) is 1.49. The summed E-state index contributed by atoms with van der Waals surface area (Å²) in [5.41, 5.74) is 0.320.